The summed E-state index contributed by atoms with van der Waals surface area (Å²) in [6, 6.07) is 0. The number of carbonyl (C=O) groups excluding carboxylic acids is 1. The van der Waals surface area contributed by atoms with Crippen molar-refractivity contribution in [2.45, 2.75) is 33.6 Å². The molecule has 1 amide bonds. The highest BCUT2D eigenvalue weighted by molar-refractivity contribution is 6.29. The van der Waals surface area contributed by atoms with Crippen LogP contribution in [-0.2, 0) is 11.2 Å². The molecule has 0 aliphatic heterocycles. The van der Waals surface area contributed by atoms with Crippen LogP contribution >= 0.6 is 11.6 Å². The minimum absolute atomic E-state index is 0.111. The lowest BCUT2D eigenvalue weighted by Gasteiger charge is -2.23. The van der Waals surface area contributed by atoms with E-state index in [1.165, 1.54) is 0 Å². The van der Waals surface area contributed by atoms with Gasteiger partial charge in [0.2, 0.25) is 11.1 Å². The molecule has 0 bridgehead atoms. The van der Waals surface area contributed by atoms with Crippen LogP contribution in [-0.4, -0.2) is 29.3 Å². The van der Waals surface area contributed by atoms with Gasteiger partial charge in [0.25, 0.3) is 0 Å². The van der Waals surface area contributed by atoms with Crippen LogP contribution in [0.1, 0.15) is 31.5 Å². The number of amides is 1. The number of hydrogen-bond acceptors (Lipinski definition) is 4. The van der Waals surface area contributed by atoms with E-state index in [2.05, 4.69) is 10.5 Å². The molecule has 0 unspecified atom stereocenters. The van der Waals surface area contributed by atoms with Crippen LogP contribution < -0.4 is 5.32 Å². The number of aryl methyl sites for hydroxylation is 1. The molecular formula is C12H19ClN2O3. The first-order valence-electron chi connectivity index (χ1n) is 5.84. The van der Waals surface area contributed by atoms with Crippen LogP contribution in [0.2, 0.25) is 5.22 Å². The first-order valence-corrected chi connectivity index (χ1v) is 6.22. The Hall–Kier alpha value is -1.07. The molecule has 5 nitrogen and oxygen atoms in total. The highest BCUT2D eigenvalue weighted by Gasteiger charge is 2.20. The lowest BCUT2D eigenvalue weighted by molar-refractivity contribution is -0.120. The zero-order chi connectivity index (χ0) is 13.8. The molecule has 6 heteroatoms. The van der Waals surface area contributed by atoms with E-state index >= 15 is 0 Å². The molecular weight excluding hydrogens is 256 g/mol. The van der Waals surface area contributed by atoms with Crippen molar-refractivity contribution >= 4 is 17.5 Å². The van der Waals surface area contributed by atoms with Crippen molar-refractivity contribution in [3.63, 3.8) is 0 Å². The number of aliphatic hydroxyl groups excluding tert-OH is 1. The molecule has 102 valence electrons. The molecule has 2 N–H and O–H groups in total. The Morgan fingerprint density at radius 2 is 2.22 bits per heavy atom. The SMILES string of the molecule is Cc1noc(Cl)c1CC(=O)NCC(C)(C)CCO. The predicted octanol–water partition coefficient (Wildman–Crippen LogP) is 1.70. The number of halogens is 1. The number of nitrogens with one attached hydrogen (secondary N) is 1. The van der Waals surface area contributed by atoms with Gasteiger partial charge in [-0.3, -0.25) is 4.79 Å². The molecule has 0 aliphatic rings. The van der Waals surface area contributed by atoms with Gasteiger partial charge in [0, 0.05) is 18.7 Å². The summed E-state index contributed by atoms with van der Waals surface area (Å²) in [5.41, 5.74) is 1.12. The third kappa shape index (κ3) is 4.31. The molecule has 18 heavy (non-hydrogen) atoms. The van der Waals surface area contributed by atoms with Crippen LogP contribution in [0.5, 0.6) is 0 Å². The van der Waals surface area contributed by atoms with E-state index < -0.39 is 0 Å². The van der Waals surface area contributed by atoms with Crippen molar-refractivity contribution in [2.75, 3.05) is 13.2 Å². The lowest BCUT2D eigenvalue weighted by Crippen LogP contribution is -2.35. The zero-order valence-electron chi connectivity index (χ0n) is 10.9. The van der Waals surface area contributed by atoms with Gasteiger partial charge in [-0.15, -0.1) is 0 Å². The van der Waals surface area contributed by atoms with Gasteiger partial charge in [-0.25, -0.2) is 0 Å². The molecule has 1 aromatic rings. The molecule has 0 saturated carbocycles. The summed E-state index contributed by atoms with van der Waals surface area (Å²) < 4.78 is 4.78. The smallest absolute Gasteiger partial charge is 0.229 e. The predicted molar refractivity (Wildman–Crippen MR) is 68.4 cm³/mol. The van der Waals surface area contributed by atoms with E-state index in [-0.39, 0.29) is 29.6 Å². The highest BCUT2D eigenvalue weighted by Crippen LogP contribution is 2.20. The van der Waals surface area contributed by atoms with Crippen molar-refractivity contribution in [3.8, 4) is 0 Å². The van der Waals surface area contributed by atoms with Crippen LogP contribution in [0.25, 0.3) is 0 Å². The number of rotatable bonds is 6. The second-order valence-corrected chi connectivity index (χ2v) is 5.45. The van der Waals surface area contributed by atoms with E-state index in [0.717, 1.165) is 0 Å². The second-order valence-electron chi connectivity index (χ2n) is 5.11. The van der Waals surface area contributed by atoms with Crippen LogP contribution in [0.3, 0.4) is 0 Å². The van der Waals surface area contributed by atoms with E-state index in [9.17, 15) is 4.79 Å². The number of nitrogens with zero attached hydrogens (tertiary/aromatic N) is 1. The quantitative estimate of drug-likeness (QED) is 0.828. The topological polar surface area (TPSA) is 75.4 Å². The maximum atomic E-state index is 11.8. The molecule has 1 heterocycles. The van der Waals surface area contributed by atoms with Gasteiger partial charge in [0.05, 0.1) is 12.1 Å². The van der Waals surface area contributed by atoms with Crippen LogP contribution in [0.15, 0.2) is 4.52 Å². The average molecular weight is 275 g/mol. The summed E-state index contributed by atoms with van der Waals surface area (Å²) in [6.07, 6.45) is 0.795. The van der Waals surface area contributed by atoms with Gasteiger partial charge in [0.15, 0.2) is 0 Å². The minimum atomic E-state index is -0.130. The summed E-state index contributed by atoms with van der Waals surface area (Å²) >= 11 is 5.79. The van der Waals surface area contributed by atoms with Crippen molar-refractivity contribution in [1.82, 2.24) is 10.5 Å². The van der Waals surface area contributed by atoms with Gasteiger partial charge >= 0.3 is 0 Å². The van der Waals surface area contributed by atoms with Crippen molar-refractivity contribution in [2.24, 2.45) is 5.41 Å². The summed E-state index contributed by atoms with van der Waals surface area (Å²) in [6.45, 7) is 6.34. The van der Waals surface area contributed by atoms with E-state index in [4.69, 9.17) is 21.2 Å². The fourth-order valence-corrected chi connectivity index (χ4v) is 1.75. The largest absolute Gasteiger partial charge is 0.396 e. The first-order chi connectivity index (χ1) is 8.35. The second kappa shape index (κ2) is 6.20. The number of aromatic nitrogens is 1. The van der Waals surface area contributed by atoms with Crippen LogP contribution in [0.4, 0.5) is 0 Å². The molecule has 0 aliphatic carbocycles. The fraction of sp³-hybridized carbons (Fsp3) is 0.667. The average Bonchev–Trinajstić information content (AvgIpc) is 2.58. The van der Waals surface area contributed by atoms with Gasteiger partial charge in [-0.05, 0) is 30.4 Å². The molecule has 0 spiro atoms. The lowest BCUT2D eigenvalue weighted by atomic mass is 9.90. The molecule has 0 aromatic carbocycles. The third-order valence-electron chi connectivity index (χ3n) is 2.83. The Morgan fingerprint density at radius 1 is 1.56 bits per heavy atom. The molecule has 0 saturated heterocycles. The van der Waals surface area contributed by atoms with Crippen molar-refractivity contribution < 1.29 is 14.4 Å². The van der Waals surface area contributed by atoms with Gasteiger partial charge in [-0.1, -0.05) is 19.0 Å². The van der Waals surface area contributed by atoms with Crippen molar-refractivity contribution in [3.05, 3.63) is 16.5 Å². The monoisotopic (exact) mass is 274 g/mol. The maximum absolute atomic E-state index is 11.8. The van der Waals surface area contributed by atoms with Gasteiger partial charge in [-0.2, -0.15) is 0 Å². The summed E-state index contributed by atoms with van der Waals surface area (Å²) in [5.74, 6) is -0.130. The molecule has 0 radical (unpaired) electrons. The molecule has 0 fully saturated rings. The van der Waals surface area contributed by atoms with E-state index in [0.29, 0.717) is 24.2 Å². The Bertz CT molecular complexity index is 396. The first kappa shape index (κ1) is 15.0. The Morgan fingerprint density at radius 3 is 2.72 bits per heavy atom. The zero-order valence-corrected chi connectivity index (χ0v) is 11.7. The van der Waals surface area contributed by atoms with E-state index in [1.807, 2.05) is 13.8 Å². The van der Waals surface area contributed by atoms with Crippen LogP contribution in [0, 0.1) is 12.3 Å². The van der Waals surface area contributed by atoms with Gasteiger partial charge < -0.3 is 14.9 Å². The fourth-order valence-electron chi connectivity index (χ4n) is 1.51. The van der Waals surface area contributed by atoms with Gasteiger partial charge in [0.1, 0.15) is 0 Å². The summed E-state index contributed by atoms with van der Waals surface area (Å²) in [5, 5.41) is 15.6. The molecule has 1 rings (SSSR count). The maximum Gasteiger partial charge on any atom is 0.229 e. The number of aliphatic hydroxyl groups is 1. The van der Waals surface area contributed by atoms with E-state index in [1.54, 1.807) is 6.92 Å². The normalized spacial score (nSPS) is 11.6. The van der Waals surface area contributed by atoms with Crippen molar-refractivity contribution in [1.29, 1.82) is 0 Å². The molecule has 1 aromatic heterocycles. The minimum Gasteiger partial charge on any atom is -0.396 e. The molecule has 0 atom stereocenters. The number of hydrogen-bond donors (Lipinski definition) is 2. The highest BCUT2D eigenvalue weighted by atomic mass is 35.5. The Balaban J connectivity index is 2.48. The third-order valence-corrected chi connectivity index (χ3v) is 3.12. The Kier molecular flexibility index (Phi) is 5.16. The summed E-state index contributed by atoms with van der Waals surface area (Å²) in [7, 11) is 0. The Labute approximate surface area is 111 Å². The standard InChI is InChI=1S/C12H19ClN2O3/c1-8-9(11(13)18-15-8)6-10(17)14-7-12(2,3)4-5-16/h16H,4-7H2,1-3H3,(H,14,17). The number of carbonyl (C=O) groups is 1. The summed E-state index contributed by atoms with van der Waals surface area (Å²) in [4.78, 5) is 11.8.